The number of carbonyl (C=O) groups excluding carboxylic acids is 1. The minimum Gasteiger partial charge on any atom is -0.431 e. The molecule has 2 aromatic rings. The zero-order valence-electron chi connectivity index (χ0n) is 17.2. The summed E-state index contributed by atoms with van der Waals surface area (Å²) in [6, 6.07) is -0.0665. The van der Waals surface area contributed by atoms with E-state index in [-0.39, 0.29) is 29.7 Å². The van der Waals surface area contributed by atoms with Gasteiger partial charge in [0.05, 0.1) is 0 Å². The van der Waals surface area contributed by atoms with E-state index in [1.807, 2.05) is 43.3 Å². The molecule has 1 amide bonds. The van der Waals surface area contributed by atoms with Gasteiger partial charge in [0.1, 0.15) is 6.26 Å². The van der Waals surface area contributed by atoms with Gasteiger partial charge in [-0.1, -0.05) is 13.8 Å². The second kappa shape index (κ2) is 8.31. The van der Waals surface area contributed by atoms with Crippen LogP contribution in [0.2, 0.25) is 0 Å². The summed E-state index contributed by atoms with van der Waals surface area (Å²) in [5, 5.41) is 7.44. The SMILES string of the molecule is CC(C)c1cn(C(C)C)nc1Nc1nc(C(=O)NS(=O)(=O)N(C)C(C)C)co1. The van der Waals surface area contributed by atoms with Gasteiger partial charge in [-0.2, -0.15) is 22.8 Å². The molecule has 2 N–H and O–H groups in total. The third-order valence-electron chi connectivity index (χ3n) is 4.20. The van der Waals surface area contributed by atoms with Crippen molar-refractivity contribution in [3.05, 3.63) is 23.7 Å². The Bertz CT molecular complexity index is 929. The molecule has 0 atom stereocenters. The summed E-state index contributed by atoms with van der Waals surface area (Å²) in [5.74, 6) is -0.0878. The van der Waals surface area contributed by atoms with Crippen LogP contribution in [0, 0.1) is 0 Å². The summed E-state index contributed by atoms with van der Waals surface area (Å²) in [4.78, 5) is 16.3. The molecule has 0 bridgehead atoms. The largest absolute Gasteiger partial charge is 0.431 e. The van der Waals surface area contributed by atoms with Gasteiger partial charge < -0.3 is 4.42 Å². The van der Waals surface area contributed by atoms with Gasteiger partial charge in [-0.05, 0) is 33.6 Å². The van der Waals surface area contributed by atoms with E-state index in [1.165, 1.54) is 7.05 Å². The van der Waals surface area contributed by atoms with Crippen LogP contribution in [0.3, 0.4) is 0 Å². The fourth-order valence-electron chi connectivity index (χ4n) is 2.25. The molecule has 0 aromatic carbocycles. The standard InChI is InChI=1S/C17H28N6O4S/c1-10(2)13-8-23(12(5)6)20-15(13)19-17-18-14(9-27-17)16(24)21-28(25,26)22(7)11(3)4/h8-12H,1-7H3,(H,21,24)(H,18,19,20). The van der Waals surface area contributed by atoms with Gasteiger partial charge in [0.2, 0.25) is 0 Å². The number of nitrogens with one attached hydrogen (secondary N) is 2. The van der Waals surface area contributed by atoms with Crippen molar-refractivity contribution < 1.29 is 17.6 Å². The van der Waals surface area contributed by atoms with Crippen molar-refractivity contribution in [2.24, 2.45) is 0 Å². The maximum absolute atomic E-state index is 12.2. The molecule has 0 fully saturated rings. The second-order valence-electron chi connectivity index (χ2n) is 7.37. The zero-order chi connectivity index (χ0) is 21.2. The number of anilines is 2. The first-order valence-corrected chi connectivity index (χ1v) is 10.5. The molecule has 156 valence electrons. The number of carbonyl (C=O) groups is 1. The van der Waals surface area contributed by atoms with E-state index < -0.39 is 16.1 Å². The van der Waals surface area contributed by atoms with Crippen molar-refractivity contribution in [1.82, 2.24) is 23.8 Å². The molecule has 0 saturated heterocycles. The fourth-order valence-corrected chi connectivity index (χ4v) is 3.28. The Morgan fingerprint density at radius 1 is 1.21 bits per heavy atom. The first kappa shape index (κ1) is 21.9. The van der Waals surface area contributed by atoms with E-state index in [0.29, 0.717) is 5.82 Å². The van der Waals surface area contributed by atoms with Crippen LogP contribution >= 0.6 is 0 Å². The van der Waals surface area contributed by atoms with Crippen LogP contribution in [0.15, 0.2) is 16.9 Å². The Balaban J connectivity index is 2.18. The normalized spacial score (nSPS) is 12.4. The molecule has 0 radical (unpaired) electrons. The summed E-state index contributed by atoms with van der Waals surface area (Å²) < 4.78 is 34.4. The lowest BCUT2D eigenvalue weighted by Gasteiger charge is -2.20. The molecule has 28 heavy (non-hydrogen) atoms. The summed E-state index contributed by atoms with van der Waals surface area (Å²) in [5.41, 5.74) is 0.816. The lowest BCUT2D eigenvalue weighted by atomic mass is 10.1. The van der Waals surface area contributed by atoms with Crippen molar-refractivity contribution in [3.8, 4) is 0 Å². The van der Waals surface area contributed by atoms with Gasteiger partial charge >= 0.3 is 16.2 Å². The molecule has 2 heterocycles. The highest BCUT2D eigenvalue weighted by atomic mass is 32.2. The van der Waals surface area contributed by atoms with Crippen LogP contribution in [-0.2, 0) is 10.2 Å². The second-order valence-corrected chi connectivity index (χ2v) is 9.10. The Morgan fingerprint density at radius 2 is 1.86 bits per heavy atom. The molecule has 0 aliphatic heterocycles. The molecule has 10 nitrogen and oxygen atoms in total. The molecule has 0 aliphatic carbocycles. The maximum atomic E-state index is 12.2. The molecule has 11 heteroatoms. The van der Waals surface area contributed by atoms with Gasteiger partial charge in [-0.25, -0.2) is 4.72 Å². The lowest BCUT2D eigenvalue weighted by molar-refractivity contribution is 0.0974. The average Bonchev–Trinajstić information content (AvgIpc) is 3.21. The third-order valence-corrected chi connectivity index (χ3v) is 5.82. The van der Waals surface area contributed by atoms with E-state index in [2.05, 4.69) is 15.4 Å². The van der Waals surface area contributed by atoms with Crippen molar-refractivity contribution in [2.75, 3.05) is 12.4 Å². The number of nitrogens with zero attached hydrogens (tertiary/aromatic N) is 4. The van der Waals surface area contributed by atoms with E-state index in [4.69, 9.17) is 4.42 Å². The molecular formula is C17H28N6O4S. The number of hydrogen-bond donors (Lipinski definition) is 2. The average molecular weight is 413 g/mol. The molecule has 0 spiro atoms. The highest BCUT2D eigenvalue weighted by Crippen LogP contribution is 2.27. The third kappa shape index (κ3) is 4.90. The number of aromatic nitrogens is 3. The predicted molar refractivity (Wildman–Crippen MR) is 106 cm³/mol. The van der Waals surface area contributed by atoms with E-state index in [1.54, 1.807) is 13.8 Å². The highest BCUT2D eigenvalue weighted by molar-refractivity contribution is 7.87. The topological polar surface area (TPSA) is 122 Å². The van der Waals surface area contributed by atoms with Crippen LogP contribution < -0.4 is 10.0 Å². The molecule has 2 aromatic heterocycles. The summed E-state index contributed by atoms with van der Waals surface area (Å²) in [6.45, 7) is 11.5. The van der Waals surface area contributed by atoms with E-state index in [0.717, 1.165) is 16.1 Å². The first-order chi connectivity index (χ1) is 12.9. The van der Waals surface area contributed by atoms with Crippen molar-refractivity contribution in [1.29, 1.82) is 0 Å². The van der Waals surface area contributed by atoms with Gasteiger partial charge in [-0.3, -0.25) is 14.8 Å². The molecule has 0 saturated carbocycles. The van der Waals surface area contributed by atoms with Crippen molar-refractivity contribution >= 4 is 27.9 Å². The lowest BCUT2D eigenvalue weighted by Crippen LogP contribution is -2.44. The van der Waals surface area contributed by atoms with Gasteiger partial charge in [0.15, 0.2) is 11.5 Å². The van der Waals surface area contributed by atoms with Gasteiger partial charge in [0, 0.05) is 30.9 Å². The number of amides is 1. The molecule has 2 rings (SSSR count). The van der Waals surface area contributed by atoms with Crippen LogP contribution in [0.4, 0.5) is 11.8 Å². The summed E-state index contributed by atoms with van der Waals surface area (Å²) >= 11 is 0. The minimum absolute atomic E-state index is 0.0515. The van der Waals surface area contributed by atoms with E-state index >= 15 is 0 Å². The Kier molecular flexibility index (Phi) is 6.50. The summed E-state index contributed by atoms with van der Waals surface area (Å²) in [7, 11) is -2.58. The first-order valence-electron chi connectivity index (χ1n) is 9.04. The van der Waals surface area contributed by atoms with Gasteiger partial charge in [0.25, 0.3) is 5.91 Å². The van der Waals surface area contributed by atoms with Crippen LogP contribution in [-0.4, -0.2) is 46.5 Å². The fraction of sp³-hybridized carbons (Fsp3) is 0.588. The van der Waals surface area contributed by atoms with Gasteiger partial charge in [-0.15, -0.1) is 0 Å². The smallest absolute Gasteiger partial charge is 0.304 e. The van der Waals surface area contributed by atoms with Crippen molar-refractivity contribution in [2.45, 2.75) is 59.5 Å². The molecule has 0 unspecified atom stereocenters. The number of hydrogen-bond acceptors (Lipinski definition) is 7. The number of oxazole rings is 1. The van der Waals surface area contributed by atoms with Crippen LogP contribution in [0.1, 0.15) is 69.6 Å². The van der Waals surface area contributed by atoms with E-state index in [9.17, 15) is 13.2 Å². The van der Waals surface area contributed by atoms with Crippen molar-refractivity contribution in [3.63, 3.8) is 0 Å². The maximum Gasteiger partial charge on any atom is 0.304 e. The quantitative estimate of drug-likeness (QED) is 0.683. The molecular weight excluding hydrogens is 384 g/mol. The monoisotopic (exact) mass is 412 g/mol. The minimum atomic E-state index is -3.96. The Morgan fingerprint density at radius 3 is 2.39 bits per heavy atom. The summed E-state index contributed by atoms with van der Waals surface area (Å²) in [6.07, 6.45) is 3.04. The molecule has 0 aliphatic rings. The number of rotatable bonds is 8. The zero-order valence-corrected chi connectivity index (χ0v) is 18.0. The van der Waals surface area contributed by atoms with Crippen LogP contribution in [0.5, 0.6) is 0 Å². The Hall–Kier alpha value is -2.40. The predicted octanol–water partition coefficient (Wildman–Crippen LogP) is 2.63. The highest BCUT2D eigenvalue weighted by Gasteiger charge is 2.25. The van der Waals surface area contributed by atoms with Crippen LogP contribution in [0.25, 0.3) is 0 Å². The Labute approximate surface area is 165 Å².